The monoisotopic (exact) mass is 335 g/mol. The van der Waals surface area contributed by atoms with Crippen LogP contribution < -0.4 is 10.5 Å². The highest BCUT2D eigenvalue weighted by Gasteiger charge is 2.39. The average molecular weight is 336 g/mol. The molecule has 2 aromatic rings. The van der Waals surface area contributed by atoms with Gasteiger partial charge in [-0.3, -0.25) is 0 Å². The summed E-state index contributed by atoms with van der Waals surface area (Å²) in [4.78, 5) is 0. The van der Waals surface area contributed by atoms with E-state index in [4.69, 9.17) is 10.5 Å². The van der Waals surface area contributed by atoms with Gasteiger partial charge in [-0.05, 0) is 58.1 Å². The maximum absolute atomic E-state index is 14.4. The highest BCUT2D eigenvalue weighted by Crippen LogP contribution is 2.43. The van der Waals surface area contributed by atoms with Crippen molar-refractivity contribution in [3.8, 4) is 5.75 Å². The van der Waals surface area contributed by atoms with E-state index in [1.807, 2.05) is 24.3 Å². The molecule has 0 aromatic heterocycles. The zero-order valence-corrected chi connectivity index (χ0v) is 12.7. The minimum Gasteiger partial charge on any atom is -0.497 e. The summed E-state index contributed by atoms with van der Waals surface area (Å²) in [5.74, 6) is 0.460. The fraction of sp³-hybridized carbons (Fsp3) is 0.250. The third-order valence-electron chi connectivity index (χ3n) is 4.02. The molecule has 0 radical (unpaired) electrons. The van der Waals surface area contributed by atoms with E-state index in [9.17, 15) is 4.39 Å². The van der Waals surface area contributed by atoms with Gasteiger partial charge in [-0.2, -0.15) is 0 Å². The van der Waals surface area contributed by atoms with E-state index in [0.29, 0.717) is 16.5 Å². The van der Waals surface area contributed by atoms with E-state index in [1.165, 1.54) is 0 Å². The van der Waals surface area contributed by atoms with Gasteiger partial charge in [0.05, 0.1) is 17.1 Å². The van der Waals surface area contributed by atoms with Gasteiger partial charge in [-0.25, -0.2) is 4.39 Å². The lowest BCUT2D eigenvalue weighted by molar-refractivity contribution is 0.412. The number of methoxy groups -OCH3 is 1. The fourth-order valence-corrected chi connectivity index (χ4v) is 3.28. The lowest BCUT2D eigenvalue weighted by atomic mass is 9.85. The van der Waals surface area contributed by atoms with E-state index < -0.39 is 5.54 Å². The first kappa shape index (κ1) is 13.6. The second-order valence-corrected chi connectivity index (χ2v) is 5.95. The number of ether oxygens (including phenoxy) is 1. The first-order valence-corrected chi connectivity index (χ1v) is 7.26. The van der Waals surface area contributed by atoms with Crippen LogP contribution in [0.3, 0.4) is 0 Å². The minimum atomic E-state index is -0.794. The van der Waals surface area contributed by atoms with Crippen molar-refractivity contribution >= 4 is 15.9 Å². The standard InChI is InChI=1S/C16H15BrFNO/c1-20-11-6-5-10-7-8-16(19,13(10)9-11)12-3-2-4-14(17)15(12)18/h2-6,9H,7-8,19H2,1H3. The Morgan fingerprint density at radius 3 is 2.80 bits per heavy atom. The van der Waals surface area contributed by atoms with Crippen molar-refractivity contribution in [3.63, 3.8) is 0 Å². The molecule has 0 spiro atoms. The second-order valence-electron chi connectivity index (χ2n) is 5.10. The lowest BCUT2D eigenvalue weighted by Crippen LogP contribution is -2.36. The van der Waals surface area contributed by atoms with E-state index in [0.717, 1.165) is 23.3 Å². The Labute approximate surface area is 125 Å². The summed E-state index contributed by atoms with van der Waals surface area (Å²) in [6, 6.07) is 11.1. The normalized spacial score (nSPS) is 20.8. The van der Waals surface area contributed by atoms with Crippen LogP contribution in [-0.4, -0.2) is 7.11 Å². The van der Waals surface area contributed by atoms with Crippen molar-refractivity contribution in [1.29, 1.82) is 0 Å². The van der Waals surface area contributed by atoms with Crippen LogP contribution in [0.4, 0.5) is 4.39 Å². The fourth-order valence-electron chi connectivity index (χ4n) is 2.91. The average Bonchev–Trinajstić information content (AvgIpc) is 2.80. The summed E-state index contributed by atoms with van der Waals surface area (Å²) >= 11 is 3.23. The van der Waals surface area contributed by atoms with Gasteiger partial charge in [0, 0.05) is 5.56 Å². The number of hydrogen-bond donors (Lipinski definition) is 1. The molecular weight excluding hydrogens is 321 g/mol. The van der Waals surface area contributed by atoms with Gasteiger partial charge in [-0.1, -0.05) is 18.2 Å². The molecule has 0 aliphatic heterocycles. The first-order chi connectivity index (χ1) is 9.56. The van der Waals surface area contributed by atoms with Crippen molar-refractivity contribution in [1.82, 2.24) is 0 Å². The quantitative estimate of drug-likeness (QED) is 0.907. The van der Waals surface area contributed by atoms with Crippen molar-refractivity contribution in [2.75, 3.05) is 7.11 Å². The van der Waals surface area contributed by atoms with E-state index in [1.54, 1.807) is 19.2 Å². The van der Waals surface area contributed by atoms with Crippen LogP contribution in [0.25, 0.3) is 0 Å². The van der Waals surface area contributed by atoms with Crippen molar-refractivity contribution in [2.45, 2.75) is 18.4 Å². The largest absolute Gasteiger partial charge is 0.497 e. The molecule has 1 unspecified atom stereocenters. The topological polar surface area (TPSA) is 35.2 Å². The lowest BCUT2D eigenvalue weighted by Gasteiger charge is -2.27. The predicted octanol–water partition coefficient (Wildman–Crippen LogP) is 3.75. The van der Waals surface area contributed by atoms with Crippen molar-refractivity contribution < 1.29 is 9.13 Å². The van der Waals surface area contributed by atoms with E-state index in [2.05, 4.69) is 15.9 Å². The van der Waals surface area contributed by atoms with Gasteiger partial charge in [0.1, 0.15) is 11.6 Å². The molecule has 0 amide bonds. The molecule has 3 rings (SSSR count). The minimum absolute atomic E-state index is 0.286. The number of rotatable bonds is 2. The third-order valence-corrected chi connectivity index (χ3v) is 4.63. The Morgan fingerprint density at radius 1 is 1.25 bits per heavy atom. The Balaban J connectivity index is 2.19. The zero-order chi connectivity index (χ0) is 14.3. The summed E-state index contributed by atoms with van der Waals surface area (Å²) in [5.41, 5.74) is 8.41. The van der Waals surface area contributed by atoms with Gasteiger partial charge in [-0.15, -0.1) is 0 Å². The molecule has 0 fully saturated rings. The molecule has 1 atom stereocenters. The van der Waals surface area contributed by atoms with Gasteiger partial charge in [0.15, 0.2) is 0 Å². The SMILES string of the molecule is COc1ccc2c(c1)C(N)(c1cccc(Br)c1F)CC2. The summed E-state index contributed by atoms with van der Waals surface area (Å²) in [5, 5.41) is 0. The van der Waals surface area contributed by atoms with Gasteiger partial charge < -0.3 is 10.5 Å². The van der Waals surface area contributed by atoms with Crippen molar-refractivity contribution in [2.24, 2.45) is 5.73 Å². The Bertz CT molecular complexity index is 674. The Kier molecular flexibility index (Phi) is 3.30. The molecular formula is C16H15BrFNO. The highest BCUT2D eigenvalue weighted by molar-refractivity contribution is 9.10. The molecule has 20 heavy (non-hydrogen) atoms. The van der Waals surface area contributed by atoms with Crippen LogP contribution in [0.1, 0.15) is 23.1 Å². The number of benzene rings is 2. The van der Waals surface area contributed by atoms with Gasteiger partial charge in [0.25, 0.3) is 0 Å². The van der Waals surface area contributed by atoms with Crippen LogP contribution in [0, 0.1) is 5.82 Å². The van der Waals surface area contributed by atoms with Crippen LogP contribution in [0.5, 0.6) is 5.75 Å². The maximum atomic E-state index is 14.4. The van der Waals surface area contributed by atoms with Crippen LogP contribution in [0.2, 0.25) is 0 Å². The molecule has 0 saturated carbocycles. The number of nitrogens with two attached hydrogens (primary N) is 1. The first-order valence-electron chi connectivity index (χ1n) is 6.47. The van der Waals surface area contributed by atoms with Gasteiger partial charge >= 0.3 is 0 Å². The molecule has 0 heterocycles. The maximum Gasteiger partial charge on any atom is 0.142 e. The zero-order valence-electron chi connectivity index (χ0n) is 11.1. The molecule has 0 bridgehead atoms. The Morgan fingerprint density at radius 2 is 2.05 bits per heavy atom. The van der Waals surface area contributed by atoms with E-state index >= 15 is 0 Å². The molecule has 2 nitrogen and oxygen atoms in total. The summed E-state index contributed by atoms with van der Waals surface area (Å²) < 4.78 is 20.1. The van der Waals surface area contributed by atoms with Crippen LogP contribution in [0.15, 0.2) is 40.9 Å². The van der Waals surface area contributed by atoms with Crippen molar-refractivity contribution in [3.05, 3.63) is 63.4 Å². The molecule has 2 aromatic carbocycles. The van der Waals surface area contributed by atoms with Gasteiger partial charge in [0.2, 0.25) is 0 Å². The number of aryl methyl sites for hydroxylation is 1. The molecule has 1 aliphatic carbocycles. The number of hydrogen-bond acceptors (Lipinski definition) is 2. The molecule has 4 heteroatoms. The summed E-state index contributed by atoms with van der Waals surface area (Å²) in [6.45, 7) is 0. The summed E-state index contributed by atoms with van der Waals surface area (Å²) in [6.07, 6.45) is 1.55. The smallest absolute Gasteiger partial charge is 0.142 e. The number of fused-ring (bicyclic) bond motifs is 1. The second kappa shape index (κ2) is 4.86. The highest BCUT2D eigenvalue weighted by atomic mass is 79.9. The molecule has 1 aliphatic rings. The Hall–Kier alpha value is -1.39. The summed E-state index contributed by atoms with van der Waals surface area (Å²) in [7, 11) is 1.62. The molecule has 2 N–H and O–H groups in total. The third kappa shape index (κ3) is 1.95. The van der Waals surface area contributed by atoms with Crippen LogP contribution in [-0.2, 0) is 12.0 Å². The number of halogens is 2. The van der Waals surface area contributed by atoms with Crippen LogP contribution >= 0.6 is 15.9 Å². The van der Waals surface area contributed by atoms with E-state index in [-0.39, 0.29) is 5.82 Å². The predicted molar refractivity (Wildman–Crippen MR) is 80.4 cm³/mol. The molecule has 104 valence electrons. The molecule has 0 saturated heterocycles.